The number of morpholine rings is 1. The van der Waals surface area contributed by atoms with Crippen molar-refractivity contribution in [2.24, 2.45) is 11.8 Å². The van der Waals surface area contributed by atoms with Crippen LogP contribution in [0.1, 0.15) is 60.1 Å². The number of esters is 1. The van der Waals surface area contributed by atoms with E-state index in [0.717, 1.165) is 85.2 Å². The molecule has 2 atom stereocenters. The Labute approximate surface area is 194 Å². The molecule has 3 fully saturated rings. The maximum absolute atomic E-state index is 12.6. The van der Waals surface area contributed by atoms with Crippen LogP contribution in [0.25, 0.3) is 10.2 Å². The third-order valence-corrected chi connectivity index (χ3v) is 8.50. The van der Waals surface area contributed by atoms with E-state index in [1.165, 1.54) is 43.4 Å². The number of aromatic nitrogens is 2. The van der Waals surface area contributed by atoms with Crippen molar-refractivity contribution in [2.75, 3.05) is 50.9 Å². The minimum atomic E-state index is -0.250. The predicted octanol–water partition coefficient (Wildman–Crippen LogP) is 4.03. The summed E-state index contributed by atoms with van der Waals surface area (Å²) in [5, 5.41) is 1.04. The largest absolute Gasteiger partial charge is 0.462 e. The lowest BCUT2D eigenvalue weighted by Gasteiger charge is -2.42. The lowest BCUT2D eigenvalue weighted by molar-refractivity contribution is 0.0331. The van der Waals surface area contributed by atoms with Crippen molar-refractivity contribution in [3.05, 3.63) is 16.3 Å². The fourth-order valence-corrected chi connectivity index (χ4v) is 6.69. The van der Waals surface area contributed by atoms with Gasteiger partial charge in [0.15, 0.2) is 0 Å². The number of carbonyl (C=O) groups excluding carboxylic acids is 1. The molecule has 2 aromatic heterocycles. The highest BCUT2D eigenvalue weighted by Crippen LogP contribution is 2.41. The summed E-state index contributed by atoms with van der Waals surface area (Å²) in [7, 11) is 0. The molecule has 2 aliphatic heterocycles. The van der Waals surface area contributed by atoms with Gasteiger partial charge in [0.2, 0.25) is 0 Å². The van der Waals surface area contributed by atoms with Gasteiger partial charge in [0, 0.05) is 26.2 Å². The van der Waals surface area contributed by atoms with Gasteiger partial charge in [-0.15, -0.1) is 11.3 Å². The van der Waals surface area contributed by atoms with Gasteiger partial charge in [0.05, 0.1) is 31.8 Å². The summed E-state index contributed by atoms with van der Waals surface area (Å²) in [6.45, 7) is 10.4. The molecule has 3 aliphatic rings. The summed E-state index contributed by atoms with van der Waals surface area (Å²) in [4.78, 5) is 29.1. The first-order valence-electron chi connectivity index (χ1n) is 12.2. The molecule has 174 valence electrons. The van der Waals surface area contributed by atoms with Gasteiger partial charge in [0.25, 0.3) is 0 Å². The van der Waals surface area contributed by atoms with Gasteiger partial charge >= 0.3 is 5.97 Å². The first-order valence-corrected chi connectivity index (χ1v) is 13.0. The van der Waals surface area contributed by atoms with Crippen LogP contribution in [0.4, 0.5) is 5.82 Å². The second-order valence-corrected chi connectivity index (χ2v) is 10.3. The first kappa shape index (κ1) is 22.0. The summed E-state index contributed by atoms with van der Waals surface area (Å²) in [6, 6.07) is 0. The number of hydrogen-bond acceptors (Lipinski definition) is 8. The molecule has 0 radical (unpaired) electrons. The van der Waals surface area contributed by atoms with Crippen LogP contribution >= 0.6 is 11.3 Å². The average molecular weight is 459 g/mol. The van der Waals surface area contributed by atoms with Crippen LogP contribution in [0.5, 0.6) is 0 Å². The molecule has 32 heavy (non-hydrogen) atoms. The molecule has 1 saturated carbocycles. The molecule has 7 nitrogen and oxygen atoms in total. The molecule has 0 bridgehead atoms. The van der Waals surface area contributed by atoms with Crippen molar-refractivity contribution in [1.82, 2.24) is 14.9 Å². The van der Waals surface area contributed by atoms with Crippen molar-refractivity contribution >= 4 is 33.3 Å². The maximum atomic E-state index is 12.6. The lowest BCUT2D eigenvalue weighted by atomic mass is 9.75. The lowest BCUT2D eigenvalue weighted by Crippen LogP contribution is -2.42. The Bertz CT molecular complexity index is 972. The van der Waals surface area contributed by atoms with Gasteiger partial charge in [-0.1, -0.05) is 19.3 Å². The number of ether oxygens (including phenoxy) is 2. The SMILES string of the molecule is CCOC(=O)c1sc2nc(CN3CCOCC3)nc(N3CC[C@@H]4CCCC[C@@H]4C3)c2c1C. The highest BCUT2D eigenvalue weighted by atomic mass is 32.1. The van der Waals surface area contributed by atoms with E-state index in [2.05, 4.69) is 9.80 Å². The summed E-state index contributed by atoms with van der Waals surface area (Å²) < 4.78 is 10.8. The number of piperidine rings is 1. The summed E-state index contributed by atoms with van der Waals surface area (Å²) in [5.74, 6) is 3.24. The fourth-order valence-electron chi connectivity index (χ4n) is 5.60. The smallest absolute Gasteiger partial charge is 0.348 e. The number of thiophene rings is 1. The number of hydrogen-bond donors (Lipinski definition) is 0. The fraction of sp³-hybridized carbons (Fsp3) is 0.708. The minimum Gasteiger partial charge on any atom is -0.462 e. The van der Waals surface area contributed by atoms with Crippen LogP contribution in [0.3, 0.4) is 0 Å². The molecule has 4 heterocycles. The second-order valence-electron chi connectivity index (χ2n) is 9.35. The van der Waals surface area contributed by atoms with Crippen molar-refractivity contribution < 1.29 is 14.3 Å². The standard InChI is InChI=1S/C24H34N4O3S/c1-3-31-24(29)21-16(2)20-22(28-9-8-17-6-4-5-7-18(17)14-28)25-19(26-23(20)32-21)15-27-10-12-30-13-11-27/h17-18H,3-15H2,1-2H3/t17-,18+/m0/s1. The minimum absolute atomic E-state index is 0.250. The highest BCUT2D eigenvalue weighted by Gasteiger charge is 2.33. The van der Waals surface area contributed by atoms with E-state index >= 15 is 0 Å². The molecule has 8 heteroatoms. The number of carbonyl (C=O) groups is 1. The van der Waals surface area contributed by atoms with Gasteiger partial charge in [0.1, 0.15) is 21.3 Å². The van der Waals surface area contributed by atoms with Gasteiger partial charge < -0.3 is 14.4 Å². The van der Waals surface area contributed by atoms with E-state index in [9.17, 15) is 4.79 Å². The number of anilines is 1. The molecular weight excluding hydrogens is 424 g/mol. The van der Waals surface area contributed by atoms with E-state index in [1.807, 2.05) is 13.8 Å². The van der Waals surface area contributed by atoms with Gasteiger partial charge in [-0.3, -0.25) is 4.90 Å². The quantitative estimate of drug-likeness (QED) is 0.627. The molecule has 0 amide bonds. The molecular formula is C24H34N4O3S. The number of nitrogens with zero attached hydrogens (tertiary/aromatic N) is 4. The molecule has 0 aromatic carbocycles. The number of fused-ring (bicyclic) bond motifs is 2. The maximum Gasteiger partial charge on any atom is 0.348 e. The third-order valence-electron chi connectivity index (χ3n) is 7.34. The monoisotopic (exact) mass is 458 g/mol. The molecule has 0 unspecified atom stereocenters. The van der Waals surface area contributed by atoms with E-state index in [-0.39, 0.29) is 5.97 Å². The Morgan fingerprint density at radius 3 is 2.69 bits per heavy atom. The number of rotatable bonds is 5. The Morgan fingerprint density at radius 2 is 1.91 bits per heavy atom. The topological polar surface area (TPSA) is 67.8 Å². The summed E-state index contributed by atoms with van der Waals surface area (Å²) in [6.07, 6.45) is 6.68. The number of aryl methyl sites for hydroxylation is 1. The molecule has 0 N–H and O–H groups in total. The molecule has 1 aliphatic carbocycles. The Balaban J connectivity index is 1.52. The molecule has 2 aromatic rings. The summed E-state index contributed by atoms with van der Waals surface area (Å²) in [5.41, 5.74) is 0.960. The Morgan fingerprint density at radius 1 is 1.12 bits per heavy atom. The Kier molecular flexibility index (Phi) is 6.62. The third kappa shape index (κ3) is 4.37. The van der Waals surface area contributed by atoms with Crippen LogP contribution in [0.2, 0.25) is 0 Å². The second kappa shape index (κ2) is 9.61. The van der Waals surface area contributed by atoms with E-state index in [4.69, 9.17) is 19.4 Å². The van der Waals surface area contributed by atoms with E-state index in [0.29, 0.717) is 11.5 Å². The van der Waals surface area contributed by atoms with Crippen LogP contribution in [0.15, 0.2) is 0 Å². The van der Waals surface area contributed by atoms with Gasteiger partial charge in [-0.2, -0.15) is 0 Å². The summed E-state index contributed by atoms with van der Waals surface area (Å²) >= 11 is 1.45. The van der Waals surface area contributed by atoms with Crippen LogP contribution in [0, 0.1) is 18.8 Å². The van der Waals surface area contributed by atoms with Crippen molar-refractivity contribution in [1.29, 1.82) is 0 Å². The normalized spacial score (nSPS) is 24.5. The van der Waals surface area contributed by atoms with Crippen molar-refractivity contribution in [3.63, 3.8) is 0 Å². The zero-order valence-corrected chi connectivity index (χ0v) is 20.1. The van der Waals surface area contributed by atoms with Crippen molar-refractivity contribution in [3.8, 4) is 0 Å². The van der Waals surface area contributed by atoms with E-state index in [1.54, 1.807) is 0 Å². The molecule has 2 saturated heterocycles. The zero-order chi connectivity index (χ0) is 22.1. The zero-order valence-electron chi connectivity index (χ0n) is 19.3. The van der Waals surface area contributed by atoms with E-state index < -0.39 is 0 Å². The van der Waals surface area contributed by atoms with Crippen LogP contribution in [-0.2, 0) is 16.0 Å². The molecule has 5 rings (SSSR count). The highest BCUT2D eigenvalue weighted by molar-refractivity contribution is 7.20. The average Bonchev–Trinajstić information content (AvgIpc) is 3.15. The first-order chi connectivity index (χ1) is 15.6. The van der Waals surface area contributed by atoms with Gasteiger partial charge in [-0.25, -0.2) is 14.8 Å². The van der Waals surface area contributed by atoms with Crippen LogP contribution in [-0.4, -0.2) is 66.8 Å². The predicted molar refractivity (Wildman–Crippen MR) is 126 cm³/mol. The van der Waals surface area contributed by atoms with Crippen LogP contribution < -0.4 is 4.90 Å². The van der Waals surface area contributed by atoms with Crippen molar-refractivity contribution in [2.45, 2.75) is 52.5 Å². The van der Waals surface area contributed by atoms with Gasteiger partial charge in [-0.05, 0) is 44.1 Å². The molecule has 0 spiro atoms. The Hall–Kier alpha value is -1.77.